The Morgan fingerprint density at radius 2 is 1.97 bits per heavy atom. The maximum absolute atomic E-state index is 6.43. The van der Waals surface area contributed by atoms with E-state index in [9.17, 15) is 0 Å². The van der Waals surface area contributed by atoms with Gasteiger partial charge in [0.1, 0.15) is 24.9 Å². The topological polar surface area (TPSA) is 68.7 Å². The first-order valence-corrected chi connectivity index (χ1v) is 11.4. The van der Waals surface area contributed by atoms with Crippen LogP contribution in [0.4, 0.5) is 11.5 Å². The summed E-state index contributed by atoms with van der Waals surface area (Å²) in [5, 5.41) is 4.98. The van der Waals surface area contributed by atoms with Crippen molar-refractivity contribution in [3.05, 3.63) is 46.2 Å². The largest absolute Gasteiger partial charge is 0.493 e. The van der Waals surface area contributed by atoms with Crippen molar-refractivity contribution in [1.82, 2.24) is 14.9 Å². The summed E-state index contributed by atoms with van der Waals surface area (Å²) in [6.45, 7) is 8.09. The van der Waals surface area contributed by atoms with E-state index in [1.165, 1.54) is 6.33 Å². The molecule has 0 bridgehead atoms. The second-order valence-corrected chi connectivity index (χ2v) is 9.62. The lowest BCUT2D eigenvalue weighted by atomic mass is 10.0. The summed E-state index contributed by atoms with van der Waals surface area (Å²) >= 11 is 12.7. The Morgan fingerprint density at radius 3 is 2.70 bits per heavy atom. The molecule has 2 aromatic carbocycles. The molecule has 9 heteroatoms. The third-order valence-corrected chi connectivity index (χ3v) is 7.03. The molecule has 3 aromatic rings. The molecule has 1 aliphatic rings. The molecule has 1 N–H and O–H groups in total. The number of aryl methyl sites for hydroxylation is 1. The van der Waals surface area contributed by atoms with Gasteiger partial charge in [0, 0.05) is 23.5 Å². The molecule has 1 saturated heterocycles. The number of ether oxygens (including phenoxy) is 3. The van der Waals surface area contributed by atoms with Crippen LogP contribution in [-0.4, -0.2) is 60.4 Å². The molecule has 0 radical (unpaired) electrons. The molecule has 176 valence electrons. The molecule has 0 saturated carbocycles. The van der Waals surface area contributed by atoms with Gasteiger partial charge in [0.2, 0.25) is 0 Å². The number of nitrogens with one attached hydrogen (secondary N) is 1. The normalized spacial score (nSPS) is 18.3. The Labute approximate surface area is 204 Å². The summed E-state index contributed by atoms with van der Waals surface area (Å²) < 4.78 is 17.7. The Hall–Kier alpha value is -2.32. The van der Waals surface area contributed by atoms with E-state index in [4.69, 9.17) is 37.4 Å². The van der Waals surface area contributed by atoms with E-state index in [1.807, 2.05) is 31.2 Å². The molecule has 1 aromatic heterocycles. The number of fused-ring (bicyclic) bond motifs is 1. The zero-order valence-corrected chi connectivity index (χ0v) is 20.9. The van der Waals surface area contributed by atoms with Crippen molar-refractivity contribution in [2.24, 2.45) is 0 Å². The van der Waals surface area contributed by atoms with E-state index >= 15 is 0 Å². The zero-order chi connectivity index (χ0) is 23.8. The van der Waals surface area contributed by atoms with Crippen molar-refractivity contribution in [2.75, 3.05) is 39.2 Å². The first-order valence-electron chi connectivity index (χ1n) is 10.7. The molecule has 0 spiro atoms. The van der Waals surface area contributed by atoms with Crippen LogP contribution in [0.1, 0.15) is 19.4 Å². The van der Waals surface area contributed by atoms with Crippen molar-refractivity contribution in [3.63, 3.8) is 0 Å². The Kier molecular flexibility index (Phi) is 6.86. The van der Waals surface area contributed by atoms with Gasteiger partial charge in [-0.05, 0) is 45.5 Å². The van der Waals surface area contributed by atoms with Crippen molar-refractivity contribution in [3.8, 4) is 11.5 Å². The van der Waals surface area contributed by atoms with Crippen molar-refractivity contribution >= 4 is 45.6 Å². The van der Waals surface area contributed by atoms with E-state index in [2.05, 4.69) is 41.1 Å². The summed E-state index contributed by atoms with van der Waals surface area (Å²) in [4.78, 5) is 11.1. The minimum atomic E-state index is -0.0283. The number of hydrogen-bond acceptors (Lipinski definition) is 7. The van der Waals surface area contributed by atoms with Gasteiger partial charge in [-0.1, -0.05) is 29.3 Å². The van der Waals surface area contributed by atoms with Crippen molar-refractivity contribution < 1.29 is 14.2 Å². The number of anilines is 2. The van der Waals surface area contributed by atoms with Gasteiger partial charge in [-0.25, -0.2) is 9.97 Å². The van der Waals surface area contributed by atoms with E-state index in [0.717, 1.165) is 17.5 Å². The Morgan fingerprint density at radius 1 is 1.18 bits per heavy atom. The lowest BCUT2D eigenvalue weighted by molar-refractivity contribution is -0.100. The number of halogens is 2. The number of hydrogen-bond donors (Lipinski definition) is 1. The minimum Gasteiger partial charge on any atom is -0.493 e. The molecular formula is C24H28Cl2N4O3. The van der Waals surface area contributed by atoms with Crippen LogP contribution < -0.4 is 14.8 Å². The highest BCUT2D eigenvalue weighted by molar-refractivity contribution is 6.44. The summed E-state index contributed by atoms with van der Waals surface area (Å²) in [6.07, 6.45) is 1.46. The van der Waals surface area contributed by atoms with Gasteiger partial charge in [0.25, 0.3) is 0 Å². The highest BCUT2D eigenvalue weighted by atomic mass is 35.5. The maximum Gasteiger partial charge on any atom is 0.163 e. The summed E-state index contributed by atoms with van der Waals surface area (Å²) in [7, 11) is 3.71. The smallest absolute Gasteiger partial charge is 0.163 e. The molecule has 1 aliphatic heterocycles. The average molecular weight is 491 g/mol. The third kappa shape index (κ3) is 4.96. The average Bonchev–Trinajstić information content (AvgIpc) is 2.79. The van der Waals surface area contributed by atoms with Crippen LogP contribution in [0.2, 0.25) is 10.0 Å². The molecule has 2 heterocycles. The van der Waals surface area contributed by atoms with Crippen molar-refractivity contribution in [1.29, 1.82) is 0 Å². The quantitative estimate of drug-likeness (QED) is 0.489. The monoisotopic (exact) mass is 490 g/mol. The number of morpholine rings is 1. The van der Waals surface area contributed by atoms with Gasteiger partial charge in [0.05, 0.1) is 35.0 Å². The van der Waals surface area contributed by atoms with Crippen molar-refractivity contribution in [2.45, 2.75) is 32.4 Å². The van der Waals surface area contributed by atoms with E-state index in [1.54, 1.807) is 7.11 Å². The maximum atomic E-state index is 6.43. The second-order valence-electron chi connectivity index (χ2n) is 8.86. The van der Waals surface area contributed by atoms with Crippen LogP contribution in [0.5, 0.6) is 11.5 Å². The number of aromatic nitrogens is 2. The molecule has 4 rings (SSSR count). The summed E-state index contributed by atoms with van der Waals surface area (Å²) in [5.74, 6) is 1.77. The zero-order valence-electron chi connectivity index (χ0n) is 19.4. The highest BCUT2D eigenvalue weighted by Gasteiger charge is 2.32. The molecule has 33 heavy (non-hydrogen) atoms. The van der Waals surface area contributed by atoms with Crippen LogP contribution in [0.3, 0.4) is 0 Å². The number of benzene rings is 2. The predicted octanol–water partition coefficient (Wildman–Crippen LogP) is 5.49. The Bertz CT molecular complexity index is 1170. The van der Waals surface area contributed by atoms with E-state index in [-0.39, 0.29) is 11.6 Å². The SMILES string of the molecule is COc1cc2c(Nc3ccc(C)c(Cl)c3Cl)ncnc2cc1OCC1CN(C)C(C)(C)CO1. The fourth-order valence-electron chi connectivity index (χ4n) is 3.63. The standard InChI is InChI=1S/C24H28Cl2N4O3/c1-14-6-7-17(22(26)21(14)25)29-23-16-8-19(31-5)20(9-18(16)27-13-28-23)32-11-15-10-30(4)24(2,3)12-33-15/h6-9,13,15H,10-12H2,1-5H3,(H,27,28,29). The molecule has 0 amide bonds. The van der Waals surface area contributed by atoms with Crippen LogP contribution in [0.15, 0.2) is 30.6 Å². The minimum absolute atomic E-state index is 0.0159. The molecule has 0 aliphatic carbocycles. The van der Waals surface area contributed by atoms with Gasteiger partial charge >= 0.3 is 0 Å². The van der Waals surface area contributed by atoms with E-state index < -0.39 is 0 Å². The fraction of sp³-hybridized carbons (Fsp3) is 0.417. The summed E-state index contributed by atoms with van der Waals surface area (Å²) in [6, 6.07) is 7.47. The molecule has 1 fully saturated rings. The lowest BCUT2D eigenvalue weighted by Crippen LogP contribution is -2.55. The van der Waals surface area contributed by atoms with Crippen LogP contribution in [0.25, 0.3) is 10.9 Å². The third-order valence-electron chi connectivity index (χ3n) is 6.06. The van der Waals surface area contributed by atoms with Gasteiger partial charge in [-0.2, -0.15) is 0 Å². The molecular weight excluding hydrogens is 463 g/mol. The number of likely N-dealkylation sites (N-methyl/N-ethyl adjacent to an activating group) is 1. The number of nitrogens with zero attached hydrogens (tertiary/aromatic N) is 3. The number of methoxy groups -OCH3 is 1. The van der Waals surface area contributed by atoms with Gasteiger partial charge < -0.3 is 19.5 Å². The van der Waals surface area contributed by atoms with Gasteiger partial charge in [0.15, 0.2) is 11.5 Å². The molecule has 7 nitrogen and oxygen atoms in total. The Balaban J connectivity index is 1.58. The second kappa shape index (κ2) is 9.50. The molecule has 1 unspecified atom stereocenters. The first kappa shape index (κ1) is 23.8. The fourth-order valence-corrected chi connectivity index (χ4v) is 4.05. The van der Waals surface area contributed by atoms with E-state index in [0.29, 0.717) is 51.8 Å². The van der Waals surface area contributed by atoms with Gasteiger partial charge in [-0.15, -0.1) is 0 Å². The lowest BCUT2D eigenvalue weighted by Gasteiger charge is -2.43. The van der Waals surface area contributed by atoms with Crippen LogP contribution in [-0.2, 0) is 4.74 Å². The molecule has 1 atom stereocenters. The summed E-state index contributed by atoms with van der Waals surface area (Å²) in [5.41, 5.74) is 2.29. The van der Waals surface area contributed by atoms with Crippen LogP contribution in [0, 0.1) is 6.92 Å². The first-order chi connectivity index (χ1) is 15.7. The predicted molar refractivity (Wildman–Crippen MR) is 133 cm³/mol. The van der Waals surface area contributed by atoms with Crippen LogP contribution >= 0.6 is 23.2 Å². The van der Waals surface area contributed by atoms with Gasteiger partial charge in [-0.3, -0.25) is 4.90 Å². The highest BCUT2D eigenvalue weighted by Crippen LogP contribution is 2.38. The number of rotatable bonds is 6.